The number of nitrogens with zero attached hydrogens (tertiary/aromatic N) is 2. The smallest absolute Gasteiger partial charge is 0.248 e. The Labute approximate surface area is 129 Å². The van der Waals surface area contributed by atoms with Crippen molar-refractivity contribution in [2.24, 2.45) is 0 Å². The zero-order chi connectivity index (χ0) is 15.7. The van der Waals surface area contributed by atoms with Gasteiger partial charge in [-0.2, -0.15) is 0 Å². The molecule has 2 aliphatic heterocycles. The van der Waals surface area contributed by atoms with E-state index in [4.69, 9.17) is 9.47 Å². The minimum absolute atomic E-state index is 0.0166. The van der Waals surface area contributed by atoms with Crippen LogP contribution in [0.4, 0.5) is 4.39 Å². The molecule has 1 aromatic rings. The zero-order valence-corrected chi connectivity index (χ0v) is 13.0. The number of halogens is 1. The standard InChI is InChI=1S/C16H21FN2O3/c1-18-10-16(22-9-15(18)20)5-6-19(11-16)8-12-7-13(21-2)3-4-14(12)17/h3-4,7H,5-6,8-11H2,1-2H3/t16-/m0/s1. The lowest BCUT2D eigenvalue weighted by Crippen LogP contribution is -2.54. The Morgan fingerprint density at radius 2 is 2.23 bits per heavy atom. The Morgan fingerprint density at radius 3 is 2.95 bits per heavy atom. The molecule has 22 heavy (non-hydrogen) atoms. The number of carbonyl (C=O) groups excluding carboxylic acids is 1. The summed E-state index contributed by atoms with van der Waals surface area (Å²) in [6.45, 7) is 2.80. The molecule has 1 spiro atoms. The normalized spacial score (nSPS) is 26.0. The summed E-state index contributed by atoms with van der Waals surface area (Å²) in [5, 5.41) is 0. The van der Waals surface area contributed by atoms with Crippen molar-refractivity contribution in [3.05, 3.63) is 29.6 Å². The molecule has 2 heterocycles. The quantitative estimate of drug-likeness (QED) is 0.843. The number of ether oxygens (including phenoxy) is 2. The number of benzene rings is 1. The van der Waals surface area contributed by atoms with Gasteiger partial charge >= 0.3 is 0 Å². The van der Waals surface area contributed by atoms with Crippen molar-refractivity contribution in [3.63, 3.8) is 0 Å². The van der Waals surface area contributed by atoms with E-state index in [9.17, 15) is 9.18 Å². The topological polar surface area (TPSA) is 42.0 Å². The maximum Gasteiger partial charge on any atom is 0.248 e. The summed E-state index contributed by atoms with van der Waals surface area (Å²) in [5.74, 6) is 0.450. The number of morpholine rings is 1. The van der Waals surface area contributed by atoms with Crippen LogP contribution in [-0.2, 0) is 16.1 Å². The molecule has 3 rings (SSSR count). The molecule has 0 unspecified atom stereocenters. The second-order valence-corrected chi connectivity index (χ2v) is 6.14. The van der Waals surface area contributed by atoms with Crippen LogP contribution in [0.1, 0.15) is 12.0 Å². The Morgan fingerprint density at radius 1 is 1.41 bits per heavy atom. The first-order valence-corrected chi connectivity index (χ1v) is 7.44. The number of methoxy groups -OCH3 is 1. The molecule has 1 amide bonds. The van der Waals surface area contributed by atoms with Crippen LogP contribution in [0.15, 0.2) is 18.2 Å². The van der Waals surface area contributed by atoms with Gasteiger partial charge in [0.05, 0.1) is 13.7 Å². The van der Waals surface area contributed by atoms with Crippen LogP contribution in [0.5, 0.6) is 5.75 Å². The maximum atomic E-state index is 13.9. The highest BCUT2D eigenvalue weighted by Gasteiger charge is 2.44. The van der Waals surface area contributed by atoms with E-state index >= 15 is 0 Å². The van der Waals surface area contributed by atoms with Gasteiger partial charge in [0.1, 0.15) is 23.8 Å². The second kappa shape index (κ2) is 5.85. The average Bonchev–Trinajstić information content (AvgIpc) is 2.88. The lowest BCUT2D eigenvalue weighted by atomic mass is 10.0. The van der Waals surface area contributed by atoms with Crippen molar-refractivity contribution >= 4 is 5.91 Å². The van der Waals surface area contributed by atoms with Gasteiger partial charge in [0.15, 0.2) is 0 Å². The van der Waals surface area contributed by atoms with Gasteiger partial charge in [0.25, 0.3) is 0 Å². The molecule has 0 radical (unpaired) electrons. The fourth-order valence-corrected chi connectivity index (χ4v) is 3.24. The van der Waals surface area contributed by atoms with E-state index in [1.165, 1.54) is 6.07 Å². The van der Waals surface area contributed by atoms with Crippen LogP contribution in [0, 0.1) is 5.82 Å². The molecular weight excluding hydrogens is 287 g/mol. The van der Waals surface area contributed by atoms with E-state index in [-0.39, 0.29) is 23.9 Å². The summed E-state index contributed by atoms with van der Waals surface area (Å²) in [6, 6.07) is 4.79. The first-order chi connectivity index (χ1) is 10.5. The van der Waals surface area contributed by atoms with Crippen LogP contribution in [-0.4, -0.2) is 61.7 Å². The zero-order valence-electron chi connectivity index (χ0n) is 13.0. The third kappa shape index (κ3) is 2.94. The van der Waals surface area contributed by atoms with Crippen LogP contribution < -0.4 is 4.74 Å². The van der Waals surface area contributed by atoms with E-state index in [1.54, 1.807) is 31.2 Å². The Balaban J connectivity index is 1.67. The highest BCUT2D eigenvalue weighted by molar-refractivity contribution is 5.78. The van der Waals surface area contributed by atoms with Gasteiger partial charge in [-0.3, -0.25) is 9.69 Å². The van der Waals surface area contributed by atoms with Crippen molar-refractivity contribution in [3.8, 4) is 5.75 Å². The molecule has 120 valence electrons. The second-order valence-electron chi connectivity index (χ2n) is 6.14. The summed E-state index contributed by atoms with van der Waals surface area (Å²) < 4.78 is 24.9. The fraction of sp³-hybridized carbons (Fsp3) is 0.562. The molecule has 2 fully saturated rings. The number of amides is 1. The van der Waals surface area contributed by atoms with Crippen molar-refractivity contribution in [1.29, 1.82) is 0 Å². The van der Waals surface area contributed by atoms with E-state index in [1.807, 2.05) is 0 Å². The summed E-state index contributed by atoms with van der Waals surface area (Å²) in [6.07, 6.45) is 0.857. The van der Waals surface area contributed by atoms with Crippen molar-refractivity contribution < 1.29 is 18.7 Å². The highest BCUT2D eigenvalue weighted by atomic mass is 19.1. The molecule has 0 aliphatic carbocycles. The van der Waals surface area contributed by atoms with E-state index < -0.39 is 0 Å². The van der Waals surface area contributed by atoms with Crippen molar-refractivity contribution in [2.75, 3.05) is 40.4 Å². The summed E-state index contributed by atoms with van der Waals surface area (Å²) in [4.78, 5) is 15.4. The Kier molecular flexibility index (Phi) is 4.06. The van der Waals surface area contributed by atoms with Crippen LogP contribution >= 0.6 is 0 Å². The molecule has 1 aromatic carbocycles. The molecule has 0 bridgehead atoms. The van der Waals surface area contributed by atoms with Gasteiger partial charge in [0.2, 0.25) is 5.91 Å². The minimum atomic E-state index is -0.308. The molecule has 2 saturated heterocycles. The summed E-state index contributed by atoms with van der Waals surface area (Å²) in [5.41, 5.74) is 0.314. The molecule has 0 N–H and O–H groups in total. The fourth-order valence-electron chi connectivity index (χ4n) is 3.24. The third-order valence-electron chi connectivity index (χ3n) is 4.50. The predicted molar refractivity (Wildman–Crippen MR) is 79.2 cm³/mol. The van der Waals surface area contributed by atoms with Crippen LogP contribution in [0.3, 0.4) is 0 Å². The van der Waals surface area contributed by atoms with E-state index in [2.05, 4.69) is 4.90 Å². The van der Waals surface area contributed by atoms with Gasteiger partial charge in [-0.1, -0.05) is 0 Å². The van der Waals surface area contributed by atoms with Gasteiger partial charge < -0.3 is 14.4 Å². The van der Waals surface area contributed by atoms with Gasteiger partial charge in [-0.05, 0) is 24.6 Å². The number of carbonyl (C=O) groups is 1. The monoisotopic (exact) mass is 308 g/mol. The molecule has 0 saturated carbocycles. The molecular formula is C16H21FN2O3. The largest absolute Gasteiger partial charge is 0.497 e. The SMILES string of the molecule is COc1ccc(F)c(CN2CC[C@@]3(C2)CN(C)C(=O)CO3)c1. The number of rotatable bonds is 3. The Bertz CT molecular complexity index is 581. The van der Waals surface area contributed by atoms with Gasteiger partial charge in [0, 0.05) is 32.2 Å². The van der Waals surface area contributed by atoms with E-state index in [0.29, 0.717) is 30.9 Å². The lowest BCUT2D eigenvalue weighted by Gasteiger charge is -2.38. The first-order valence-electron chi connectivity index (χ1n) is 7.44. The van der Waals surface area contributed by atoms with Gasteiger partial charge in [-0.15, -0.1) is 0 Å². The highest BCUT2D eigenvalue weighted by Crippen LogP contribution is 2.30. The van der Waals surface area contributed by atoms with Crippen molar-refractivity contribution in [2.45, 2.75) is 18.6 Å². The summed E-state index contributed by atoms with van der Waals surface area (Å²) >= 11 is 0. The number of likely N-dealkylation sites (N-methyl/N-ethyl adjacent to an activating group) is 1. The number of hydrogen-bond acceptors (Lipinski definition) is 4. The number of hydrogen-bond donors (Lipinski definition) is 0. The molecule has 1 atom stereocenters. The predicted octanol–water partition coefficient (Wildman–Crippen LogP) is 1.27. The van der Waals surface area contributed by atoms with E-state index in [0.717, 1.165) is 13.0 Å². The summed E-state index contributed by atoms with van der Waals surface area (Å²) in [7, 11) is 3.38. The lowest BCUT2D eigenvalue weighted by molar-refractivity contribution is -0.159. The molecule has 0 aromatic heterocycles. The molecule has 2 aliphatic rings. The number of likely N-dealkylation sites (tertiary alicyclic amines) is 1. The first kappa shape index (κ1) is 15.2. The maximum absolute atomic E-state index is 13.9. The Hall–Kier alpha value is -1.66. The molecule has 6 heteroatoms. The minimum Gasteiger partial charge on any atom is -0.497 e. The van der Waals surface area contributed by atoms with Gasteiger partial charge in [-0.25, -0.2) is 4.39 Å². The van der Waals surface area contributed by atoms with Crippen LogP contribution in [0.2, 0.25) is 0 Å². The third-order valence-corrected chi connectivity index (χ3v) is 4.50. The molecule has 5 nitrogen and oxygen atoms in total. The van der Waals surface area contributed by atoms with Crippen LogP contribution in [0.25, 0.3) is 0 Å². The average molecular weight is 308 g/mol. The van der Waals surface area contributed by atoms with Crippen molar-refractivity contribution in [1.82, 2.24) is 9.80 Å².